The normalized spacial score (nSPS) is 20.4. The fourth-order valence-corrected chi connectivity index (χ4v) is 5.36. The van der Waals surface area contributed by atoms with E-state index in [4.69, 9.17) is 0 Å². The van der Waals surface area contributed by atoms with Gasteiger partial charge in [-0.3, -0.25) is 4.79 Å². The van der Waals surface area contributed by atoms with Gasteiger partial charge in [0.05, 0.1) is 4.90 Å². The van der Waals surface area contributed by atoms with Gasteiger partial charge in [-0.1, -0.05) is 0 Å². The van der Waals surface area contributed by atoms with Gasteiger partial charge >= 0.3 is 0 Å². The second-order valence-electron chi connectivity index (χ2n) is 5.26. The molecule has 7 heteroatoms. The molecule has 3 rings (SSSR count). The second kappa shape index (κ2) is 5.62. The number of hydrogen-bond acceptors (Lipinski definition) is 4. The minimum absolute atomic E-state index is 0.0752. The molecule has 1 aromatic carbocycles. The van der Waals surface area contributed by atoms with Crippen molar-refractivity contribution in [2.45, 2.75) is 17.7 Å². The first-order valence-corrected chi connectivity index (χ1v) is 9.57. The Kier molecular flexibility index (Phi) is 3.98. The van der Waals surface area contributed by atoms with Crippen molar-refractivity contribution in [2.24, 2.45) is 0 Å². The number of carbonyl (C=O) groups is 1. The number of amides is 1. The minimum atomic E-state index is -3.41. The van der Waals surface area contributed by atoms with Crippen molar-refractivity contribution in [3.8, 4) is 0 Å². The maximum Gasteiger partial charge on any atom is 0.243 e. The third kappa shape index (κ3) is 2.69. The molecule has 2 aliphatic rings. The summed E-state index contributed by atoms with van der Waals surface area (Å²) in [7, 11) is -1.68. The number of hydrogen-bond donors (Lipinski definition) is 0. The number of aryl methyl sites for hydroxylation is 1. The van der Waals surface area contributed by atoms with Crippen molar-refractivity contribution in [3.63, 3.8) is 0 Å². The van der Waals surface area contributed by atoms with Crippen LogP contribution in [-0.2, 0) is 21.2 Å². The highest BCUT2D eigenvalue weighted by atomic mass is 32.2. The largest absolute Gasteiger partial charge is 0.315 e. The van der Waals surface area contributed by atoms with Crippen LogP contribution in [0.2, 0.25) is 0 Å². The molecule has 21 heavy (non-hydrogen) atoms. The fourth-order valence-electron chi connectivity index (χ4n) is 2.73. The Morgan fingerprint density at radius 2 is 1.86 bits per heavy atom. The van der Waals surface area contributed by atoms with Gasteiger partial charge in [0.25, 0.3) is 0 Å². The van der Waals surface area contributed by atoms with Gasteiger partial charge in [-0.2, -0.15) is 16.1 Å². The van der Waals surface area contributed by atoms with Gasteiger partial charge in [0.1, 0.15) is 0 Å². The minimum Gasteiger partial charge on any atom is -0.315 e. The molecule has 1 saturated heterocycles. The van der Waals surface area contributed by atoms with E-state index >= 15 is 0 Å². The second-order valence-corrected chi connectivity index (χ2v) is 8.42. The Labute approximate surface area is 129 Å². The molecule has 2 aliphatic heterocycles. The summed E-state index contributed by atoms with van der Waals surface area (Å²) < 4.78 is 26.9. The predicted octanol–water partition coefficient (Wildman–Crippen LogP) is 1.33. The third-order valence-corrected chi connectivity index (χ3v) is 6.84. The first-order chi connectivity index (χ1) is 10.00. The molecule has 1 amide bonds. The number of rotatable bonds is 2. The van der Waals surface area contributed by atoms with Gasteiger partial charge in [0.2, 0.25) is 15.9 Å². The number of sulfonamides is 1. The van der Waals surface area contributed by atoms with Gasteiger partial charge in [-0.25, -0.2) is 8.42 Å². The summed E-state index contributed by atoms with van der Waals surface area (Å²) in [5.74, 6) is 1.77. The number of carbonyl (C=O) groups excluding carboxylic acids is 1. The van der Waals surface area contributed by atoms with Crippen LogP contribution in [0.15, 0.2) is 23.1 Å². The van der Waals surface area contributed by atoms with Crippen LogP contribution >= 0.6 is 11.8 Å². The van der Waals surface area contributed by atoms with Crippen LogP contribution < -0.4 is 4.90 Å². The molecule has 1 fully saturated rings. The van der Waals surface area contributed by atoms with E-state index in [9.17, 15) is 13.2 Å². The lowest BCUT2D eigenvalue weighted by molar-refractivity contribution is -0.118. The van der Waals surface area contributed by atoms with Gasteiger partial charge < -0.3 is 4.90 Å². The average Bonchev–Trinajstić information content (AvgIpc) is 2.51. The maximum atomic E-state index is 12.7. The summed E-state index contributed by atoms with van der Waals surface area (Å²) in [4.78, 5) is 13.6. The predicted molar refractivity (Wildman–Crippen MR) is 84.3 cm³/mol. The lowest BCUT2D eigenvalue weighted by Gasteiger charge is -2.28. The zero-order valence-electron chi connectivity index (χ0n) is 11.9. The van der Waals surface area contributed by atoms with Crippen molar-refractivity contribution < 1.29 is 13.2 Å². The first kappa shape index (κ1) is 14.9. The highest BCUT2D eigenvalue weighted by molar-refractivity contribution is 7.99. The summed E-state index contributed by atoms with van der Waals surface area (Å²) in [5.41, 5.74) is 1.75. The summed E-state index contributed by atoms with van der Waals surface area (Å²) in [6, 6.07) is 5.10. The molecule has 0 aromatic heterocycles. The summed E-state index contributed by atoms with van der Waals surface area (Å²) >= 11 is 1.78. The van der Waals surface area contributed by atoms with E-state index in [-0.39, 0.29) is 5.91 Å². The van der Waals surface area contributed by atoms with Crippen LogP contribution in [0.5, 0.6) is 0 Å². The van der Waals surface area contributed by atoms with Crippen LogP contribution in [-0.4, -0.2) is 50.3 Å². The SMILES string of the molecule is CN1C(=O)CCc2cc(S(=O)(=O)N3CCSCC3)ccc21. The van der Waals surface area contributed by atoms with Crippen LogP contribution in [0.25, 0.3) is 0 Å². The summed E-state index contributed by atoms with van der Waals surface area (Å²) in [6.45, 7) is 1.14. The molecule has 0 radical (unpaired) electrons. The van der Waals surface area contributed by atoms with Crippen LogP contribution in [0.3, 0.4) is 0 Å². The van der Waals surface area contributed by atoms with E-state index in [1.54, 1.807) is 46.2 Å². The van der Waals surface area contributed by atoms with E-state index in [0.29, 0.717) is 30.8 Å². The van der Waals surface area contributed by atoms with Crippen molar-refractivity contribution in [3.05, 3.63) is 23.8 Å². The summed E-state index contributed by atoms with van der Waals surface area (Å²) in [5, 5.41) is 0. The monoisotopic (exact) mass is 326 g/mol. The molecule has 0 atom stereocenters. The maximum absolute atomic E-state index is 12.7. The molecule has 0 unspecified atom stereocenters. The smallest absolute Gasteiger partial charge is 0.243 e. The topological polar surface area (TPSA) is 57.7 Å². The van der Waals surface area contributed by atoms with E-state index in [1.165, 1.54) is 0 Å². The van der Waals surface area contributed by atoms with Crippen molar-refractivity contribution in [1.29, 1.82) is 0 Å². The van der Waals surface area contributed by atoms with Gasteiger partial charge in [-0.15, -0.1) is 0 Å². The van der Waals surface area contributed by atoms with E-state index in [0.717, 1.165) is 22.8 Å². The fraction of sp³-hybridized carbons (Fsp3) is 0.500. The van der Waals surface area contributed by atoms with E-state index in [2.05, 4.69) is 0 Å². The molecular formula is C14H18N2O3S2. The first-order valence-electron chi connectivity index (χ1n) is 6.97. The molecule has 0 spiro atoms. The lowest BCUT2D eigenvalue weighted by Crippen LogP contribution is -2.38. The van der Waals surface area contributed by atoms with Gasteiger partial charge in [-0.05, 0) is 30.2 Å². The standard InChI is InChI=1S/C14H18N2O3S2/c1-15-13-4-3-12(10-11(13)2-5-14(15)17)21(18,19)16-6-8-20-9-7-16/h3-4,10H,2,5-9H2,1H3. The van der Waals surface area contributed by atoms with Gasteiger partial charge in [0, 0.05) is 43.8 Å². The zero-order valence-corrected chi connectivity index (χ0v) is 13.5. The lowest BCUT2D eigenvalue weighted by atomic mass is 10.0. The van der Waals surface area contributed by atoms with E-state index in [1.807, 2.05) is 0 Å². The third-order valence-electron chi connectivity index (χ3n) is 4.00. The number of fused-ring (bicyclic) bond motifs is 1. The quantitative estimate of drug-likeness (QED) is 0.823. The molecule has 0 N–H and O–H groups in total. The number of nitrogens with zero attached hydrogens (tertiary/aromatic N) is 2. The molecule has 5 nitrogen and oxygen atoms in total. The van der Waals surface area contributed by atoms with Crippen molar-refractivity contribution >= 4 is 33.4 Å². The molecule has 0 saturated carbocycles. The average molecular weight is 326 g/mol. The number of thioether (sulfide) groups is 1. The van der Waals surface area contributed by atoms with Gasteiger partial charge in [0.15, 0.2) is 0 Å². The van der Waals surface area contributed by atoms with Crippen molar-refractivity contribution in [1.82, 2.24) is 4.31 Å². The highest BCUT2D eigenvalue weighted by Crippen LogP contribution is 2.30. The molecular weight excluding hydrogens is 308 g/mol. The molecule has 0 aliphatic carbocycles. The number of anilines is 1. The zero-order chi connectivity index (χ0) is 15.0. The highest BCUT2D eigenvalue weighted by Gasteiger charge is 2.28. The Morgan fingerprint density at radius 3 is 2.57 bits per heavy atom. The molecule has 114 valence electrons. The Hall–Kier alpha value is -1.05. The summed E-state index contributed by atoms with van der Waals surface area (Å²) in [6.07, 6.45) is 1.05. The van der Waals surface area contributed by atoms with Crippen LogP contribution in [0.1, 0.15) is 12.0 Å². The Morgan fingerprint density at radius 1 is 1.14 bits per heavy atom. The molecule has 2 heterocycles. The Balaban J connectivity index is 1.95. The molecule has 0 bridgehead atoms. The van der Waals surface area contributed by atoms with Crippen molar-refractivity contribution in [2.75, 3.05) is 36.5 Å². The van der Waals surface area contributed by atoms with Crippen LogP contribution in [0, 0.1) is 0 Å². The van der Waals surface area contributed by atoms with E-state index < -0.39 is 10.0 Å². The Bertz CT molecular complexity index is 667. The van der Waals surface area contributed by atoms with Crippen LogP contribution in [0.4, 0.5) is 5.69 Å². The molecule has 1 aromatic rings. The number of benzene rings is 1.